The summed E-state index contributed by atoms with van der Waals surface area (Å²) in [5, 5.41) is 15.5. The number of hydrogen-bond acceptors (Lipinski definition) is 8. The molecule has 2 aliphatic rings. The number of imidazole rings is 1. The number of carbonyl (C=O) groups is 2. The van der Waals surface area contributed by atoms with E-state index in [1.54, 1.807) is 32.5 Å². The lowest BCUT2D eigenvalue weighted by Crippen LogP contribution is -2.54. The Bertz CT molecular complexity index is 1790. The van der Waals surface area contributed by atoms with Crippen LogP contribution in [0.3, 0.4) is 0 Å². The minimum atomic E-state index is -1.08. The summed E-state index contributed by atoms with van der Waals surface area (Å²) >= 11 is 0. The number of rotatable bonds is 6. The smallest absolute Gasteiger partial charge is 0.254 e. The fourth-order valence-electron chi connectivity index (χ4n) is 5.75. The third-order valence-corrected chi connectivity index (χ3v) is 8.18. The molecule has 2 fully saturated rings. The zero-order chi connectivity index (χ0) is 31.0. The van der Waals surface area contributed by atoms with Crippen LogP contribution in [0, 0.1) is 35.8 Å². The molecule has 2 saturated heterocycles. The number of nitriles is 1. The molecule has 226 valence electrons. The number of piperazine rings is 1. The van der Waals surface area contributed by atoms with Crippen molar-refractivity contribution in [1.29, 1.82) is 5.26 Å². The van der Waals surface area contributed by atoms with Crippen molar-refractivity contribution in [2.24, 2.45) is 5.92 Å². The molecule has 44 heavy (non-hydrogen) atoms. The maximum Gasteiger partial charge on any atom is 0.254 e. The Labute approximate surface area is 252 Å². The van der Waals surface area contributed by atoms with Crippen LogP contribution in [-0.2, 0) is 4.79 Å². The predicted octanol–water partition coefficient (Wildman–Crippen LogP) is 3.52. The molecule has 0 saturated carbocycles. The number of aromatic nitrogens is 3. The lowest BCUT2D eigenvalue weighted by atomic mass is 10.1. The highest BCUT2D eigenvalue weighted by molar-refractivity contribution is 5.96. The second-order valence-corrected chi connectivity index (χ2v) is 10.9. The number of amides is 2. The Morgan fingerprint density at radius 3 is 2.57 bits per heavy atom. The van der Waals surface area contributed by atoms with Gasteiger partial charge in [0.05, 0.1) is 37.0 Å². The molecule has 6 rings (SSSR count). The molecule has 0 aliphatic carbocycles. The summed E-state index contributed by atoms with van der Waals surface area (Å²) in [6.45, 7) is 4.09. The Morgan fingerprint density at radius 2 is 1.86 bits per heavy atom. The summed E-state index contributed by atoms with van der Waals surface area (Å²) in [4.78, 5) is 38.5. The van der Waals surface area contributed by atoms with Crippen LogP contribution in [0.25, 0.3) is 16.9 Å². The number of fused-ring (bicyclic) bond motifs is 1. The summed E-state index contributed by atoms with van der Waals surface area (Å²) in [6.07, 6.45) is 5.09. The van der Waals surface area contributed by atoms with Crippen molar-refractivity contribution in [3.05, 3.63) is 71.7 Å². The first kappa shape index (κ1) is 29.0. The van der Waals surface area contributed by atoms with Crippen molar-refractivity contribution >= 4 is 29.0 Å². The Morgan fingerprint density at radius 1 is 1.09 bits per heavy atom. The fraction of sp³-hybridized carbons (Fsp3) is 0.323. The predicted molar refractivity (Wildman–Crippen MR) is 157 cm³/mol. The van der Waals surface area contributed by atoms with E-state index in [2.05, 4.69) is 26.7 Å². The summed E-state index contributed by atoms with van der Waals surface area (Å²) in [5.41, 5.74) is 2.74. The number of anilines is 2. The molecule has 2 aromatic heterocycles. The van der Waals surface area contributed by atoms with Gasteiger partial charge < -0.3 is 25.2 Å². The molecule has 4 heterocycles. The Hall–Kier alpha value is -5.09. The highest BCUT2D eigenvalue weighted by atomic mass is 19.2. The van der Waals surface area contributed by atoms with Crippen molar-refractivity contribution in [1.82, 2.24) is 29.5 Å². The molecule has 2 amide bonds. The highest BCUT2D eigenvalue weighted by Crippen LogP contribution is 2.32. The number of nitrogens with zero attached hydrogens (tertiary/aromatic N) is 6. The van der Waals surface area contributed by atoms with Gasteiger partial charge in [-0.3, -0.25) is 14.0 Å². The maximum absolute atomic E-state index is 14.8. The second kappa shape index (κ2) is 11.9. The summed E-state index contributed by atoms with van der Waals surface area (Å²) in [7, 11) is 1.27. The average molecular weight is 601 g/mol. The monoisotopic (exact) mass is 600 g/mol. The summed E-state index contributed by atoms with van der Waals surface area (Å²) in [6, 6.07) is 10.0. The molecule has 0 unspecified atom stereocenters. The molecule has 2 aliphatic heterocycles. The van der Waals surface area contributed by atoms with Crippen LogP contribution in [0.2, 0.25) is 0 Å². The van der Waals surface area contributed by atoms with Crippen molar-refractivity contribution in [3.63, 3.8) is 0 Å². The van der Waals surface area contributed by atoms with Crippen LogP contribution in [-0.4, -0.2) is 81.9 Å². The SMILES string of the molecule is COc1ccc(-c2cnc3c(Nc4ccc(C(=O)N5CCN(C(=O)[C@@H]6C[C@@H](C#N)CN6)CC5)c(C)c4)nccn23)c(F)c1F. The lowest BCUT2D eigenvalue weighted by Gasteiger charge is -2.36. The van der Waals surface area contributed by atoms with Crippen LogP contribution >= 0.6 is 0 Å². The summed E-state index contributed by atoms with van der Waals surface area (Å²) in [5.74, 6) is -2.20. The zero-order valence-electron chi connectivity index (χ0n) is 24.2. The fourth-order valence-corrected chi connectivity index (χ4v) is 5.75. The van der Waals surface area contributed by atoms with Gasteiger partial charge in [-0.05, 0) is 49.2 Å². The minimum Gasteiger partial charge on any atom is -0.494 e. The molecule has 11 nitrogen and oxygen atoms in total. The zero-order valence-corrected chi connectivity index (χ0v) is 24.2. The third kappa shape index (κ3) is 5.28. The molecule has 2 N–H and O–H groups in total. The molecule has 0 bridgehead atoms. The number of aryl methyl sites for hydroxylation is 1. The first-order valence-electron chi connectivity index (χ1n) is 14.2. The van der Waals surface area contributed by atoms with Gasteiger partial charge in [0.25, 0.3) is 5.91 Å². The van der Waals surface area contributed by atoms with Gasteiger partial charge in [-0.25, -0.2) is 14.4 Å². The van der Waals surface area contributed by atoms with Gasteiger partial charge in [-0.1, -0.05) is 0 Å². The number of halogens is 2. The van der Waals surface area contributed by atoms with Crippen LogP contribution in [0.4, 0.5) is 20.3 Å². The molecule has 0 spiro atoms. The second-order valence-electron chi connectivity index (χ2n) is 10.9. The van der Waals surface area contributed by atoms with E-state index >= 15 is 0 Å². The quantitative estimate of drug-likeness (QED) is 0.344. The van der Waals surface area contributed by atoms with E-state index < -0.39 is 11.6 Å². The number of carbonyl (C=O) groups excluding carboxylic acids is 2. The molecular weight excluding hydrogens is 570 g/mol. The molecule has 2 aromatic carbocycles. The Kier molecular flexibility index (Phi) is 7.84. The van der Waals surface area contributed by atoms with Gasteiger partial charge in [-0.15, -0.1) is 0 Å². The standard InChI is InChI=1S/C31H30F2N8O3/c1-18-13-20(3-4-21(18)30(42)39-9-11-40(12-10-39)31(43)23-14-19(15-34)16-36-23)38-28-29-37-17-24(41(29)8-7-35-28)22-5-6-25(44-2)27(33)26(22)32/h3-8,13,17,19,23,36H,9-12,14,16H2,1-2H3,(H,35,38)/t19-,23-/m0/s1. The van der Waals surface area contributed by atoms with E-state index in [-0.39, 0.29) is 35.1 Å². The van der Waals surface area contributed by atoms with Gasteiger partial charge in [-0.2, -0.15) is 9.65 Å². The summed E-state index contributed by atoms with van der Waals surface area (Å²) < 4.78 is 35.7. The molecule has 0 radical (unpaired) electrons. The first-order chi connectivity index (χ1) is 21.3. The molecule has 2 atom stereocenters. The van der Waals surface area contributed by atoms with Gasteiger partial charge in [0.15, 0.2) is 23.0 Å². The van der Waals surface area contributed by atoms with Crippen LogP contribution in [0.1, 0.15) is 22.3 Å². The van der Waals surface area contributed by atoms with Gasteiger partial charge in [0, 0.05) is 61.9 Å². The Balaban J connectivity index is 1.14. The molecule has 13 heteroatoms. The lowest BCUT2D eigenvalue weighted by molar-refractivity contribution is -0.134. The number of methoxy groups -OCH3 is 1. The highest BCUT2D eigenvalue weighted by Gasteiger charge is 2.34. The van der Waals surface area contributed by atoms with Crippen LogP contribution < -0.4 is 15.4 Å². The number of hydrogen-bond donors (Lipinski definition) is 2. The van der Waals surface area contributed by atoms with E-state index in [0.717, 1.165) is 5.56 Å². The number of nitrogens with one attached hydrogen (secondary N) is 2. The minimum absolute atomic E-state index is 0.0176. The normalized spacial score (nSPS) is 18.3. The van der Waals surface area contributed by atoms with E-state index in [4.69, 9.17) is 10.00 Å². The molecular formula is C31H30F2N8O3. The van der Waals surface area contributed by atoms with Crippen molar-refractivity contribution in [2.45, 2.75) is 19.4 Å². The van der Waals surface area contributed by atoms with Crippen LogP contribution in [0.5, 0.6) is 5.75 Å². The average Bonchev–Trinajstić information content (AvgIpc) is 3.70. The van der Waals surface area contributed by atoms with Gasteiger partial charge in [0.1, 0.15) is 0 Å². The van der Waals surface area contributed by atoms with E-state index in [9.17, 15) is 18.4 Å². The first-order valence-corrected chi connectivity index (χ1v) is 14.2. The number of ether oxygens (including phenoxy) is 1. The topological polar surface area (TPSA) is 128 Å². The number of benzene rings is 2. The van der Waals surface area contributed by atoms with E-state index in [1.807, 2.05) is 13.0 Å². The third-order valence-electron chi connectivity index (χ3n) is 8.18. The van der Waals surface area contributed by atoms with Crippen molar-refractivity contribution < 1.29 is 23.1 Å². The van der Waals surface area contributed by atoms with Crippen LogP contribution in [0.15, 0.2) is 48.9 Å². The van der Waals surface area contributed by atoms with E-state index in [1.165, 1.54) is 31.6 Å². The van der Waals surface area contributed by atoms with Gasteiger partial charge in [0.2, 0.25) is 11.7 Å². The van der Waals surface area contributed by atoms with E-state index in [0.29, 0.717) is 67.6 Å². The largest absolute Gasteiger partial charge is 0.494 e. The maximum atomic E-state index is 14.8. The van der Waals surface area contributed by atoms with Crippen molar-refractivity contribution in [3.8, 4) is 23.1 Å². The molecule has 4 aromatic rings. The van der Waals surface area contributed by atoms with Crippen molar-refractivity contribution in [2.75, 3.05) is 45.2 Å². The van der Waals surface area contributed by atoms with Gasteiger partial charge >= 0.3 is 0 Å².